The Kier molecular flexibility index (Phi) is 6.67. The van der Waals surface area contributed by atoms with Crippen molar-refractivity contribution in [3.8, 4) is 22.9 Å². The van der Waals surface area contributed by atoms with Crippen molar-refractivity contribution in [1.29, 1.82) is 0 Å². The predicted octanol–water partition coefficient (Wildman–Crippen LogP) is 4.38. The van der Waals surface area contributed by atoms with Crippen molar-refractivity contribution in [3.05, 3.63) is 71.7 Å². The number of fused-ring (bicyclic) bond motifs is 1. The lowest BCUT2D eigenvalue weighted by atomic mass is 9.98. The van der Waals surface area contributed by atoms with Gasteiger partial charge < -0.3 is 20.3 Å². The topological polar surface area (TPSA) is 109 Å². The molecule has 0 bridgehead atoms. The number of halogens is 1. The lowest BCUT2D eigenvalue weighted by Crippen LogP contribution is -2.23. The SMILES string of the molecule is Cc1cc(-c2cnc3c(NCC(O)CO)cc(Oc4cccc(F)c4)nn23)ccc1C(=O)CC1CC1. The quantitative estimate of drug-likeness (QED) is 0.283. The Morgan fingerprint density at radius 3 is 2.81 bits per heavy atom. The van der Waals surface area contributed by atoms with Gasteiger partial charge in [0.25, 0.3) is 0 Å². The van der Waals surface area contributed by atoms with Crippen LogP contribution in [0.1, 0.15) is 35.2 Å². The van der Waals surface area contributed by atoms with E-state index >= 15 is 0 Å². The number of aryl methyl sites for hydroxylation is 1. The number of aromatic nitrogens is 3. The minimum absolute atomic E-state index is 0.0781. The van der Waals surface area contributed by atoms with E-state index in [-0.39, 0.29) is 24.0 Å². The van der Waals surface area contributed by atoms with Crippen LogP contribution in [0.2, 0.25) is 0 Å². The third-order valence-corrected chi connectivity index (χ3v) is 6.20. The monoisotopic (exact) mass is 490 g/mol. The number of hydrogen-bond donors (Lipinski definition) is 3. The highest BCUT2D eigenvalue weighted by Crippen LogP contribution is 2.35. The molecule has 2 aromatic heterocycles. The molecule has 1 unspecified atom stereocenters. The number of hydrogen-bond acceptors (Lipinski definition) is 7. The molecule has 1 atom stereocenters. The molecular weight excluding hydrogens is 463 g/mol. The third-order valence-electron chi connectivity index (χ3n) is 6.20. The van der Waals surface area contributed by atoms with Gasteiger partial charge in [-0.15, -0.1) is 5.10 Å². The first kappa shape index (κ1) is 23.9. The Morgan fingerprint density at radius 2 is 2.08 bits per heavy atom. The lowest BCUT2D eigenvalue weighted by molar-refractivity contribution is 0.0975. The van der Waals surface area contributed by atoms with E-state index in [1.54, 1.807) is 22.8 Å². The molecule has 0 aliphatic heterocycles. The van der Waals surface area contributed by atoms with E-state index in [1.807, 2.05) is 25.1 Å². The standard InChI is InChI=1S/C27H27FN4O4/c1-16-9-18(7-8-22(16)25(35)10-17-5-6-17)24-14-30-27-23(29-13-20(34)15-33)12-26(31-32(24)27)36-21-4-2-3-19(28)11-21/h2-4,7-9,11-12,14,17,20,29,33-34H,5-6,10,13,15H2,1H3. The van der Waals surface area contributed by atoms with Gasteiger partial charge in [0.05, 0.1) is 30.3 Å². The molecule has 3 N–H and O–H groups in total. The number of aliphatic hydroxyl groups excluding tert-OH is 2. The van der Waals surface area contributed by atoms with Gasteiger partial charge in [0.2, 0.25) is 5.88 Å². The van der Waals surface area contributed by atoms with E-state index in [4.69, 9.17) is 4.74 Å². The molecule has 1 aliphatic rings. The summed E-state index contributed by atoms with van der Waals surface area (Å²) in [5.74, 6) is 0.706. The number of ether oxygens (including phenoxy) is 1. The van der Waals surface area contributed by atoms with Gasteiger partial charge in [0.1, 0.15) is 11.6 Å². The Bertz CT molecular complexity index is 1420. The zero-order chi connectivity index (χ0) is 25.2. The number of aliphatic hydroxyl groups is 2. The highest BCUT2D eigenvalue weighted by atomic mass is 19.1. The number of nitrogens with zero attached hydrogens (tertiary/aromatic N) is 3. The van der Waals surface area contributed by atoms with Crippen molar-refractivity contribution in [1.82, 2.24) is 14.6 Å². The second-order valence-electron chi connectivity index (χ2n) is 9.15. The van der Waals surface area contributed by atoms with Crippen molar-refractivity contribution in [2.45, 2.75) is 32.3 Å². The number of carbonyl (C=O) groups excluding carboxylic acids is 1. The summed E-state index contributed by atoms with van der Waals surface area (Å²) < 4.78 is 21.1. The van der Waals surface area contributed by atoms with E-state index in [1.165, 1.54) is 18.2 Å². The van der Waals surface area contributed by atoms with E-state index < -0.39 is 18.5 Å². The molecule has 186 valence electrons. The smallest absolute Gasteiger partial charge is 0.239 e. The Balaban J connectivity index is 1.52. The molecule has 2 aromatic carbocycles. The minimum atomic E-state index is -0.969. The Morgan fingerprint density at radius 1 is 1.25 bits per heavy atom. The van der Waals surface area contributed by atoms with Gasteiger partial charge in [-0.2, -0.15) is 0 Å². The summed E-state index contributed by atoms with van der Waals surface area (Å²) in [7, 11) is 0. The number of rotatable bonds is 10. The minimum Gasteiger partial charge on any atom is -0.437 e. The van der Waals surface area contributed by atoms with E-state index in [2.05, 4.69) is 15.4 Å². The van der Waals surface area contributed by atoms with Crippen LogP contribution in [0.15, 0.2) is 54.7 Å². The maximum Gasteiger partial charge on any atom is 0.239 e. The average molecular weight is 491 g/mol. The summed E-state index contributed by atoms with van der Waals surface area (Å²) in [6.45, 7) is 1.60. The summed E-state index contributed by atoms with van der Waals surface area (Å²) in [5, 5.41) is 26.6. The summed E-state index contributed by atoms with van der Waals surface area (Å²) in [4.78, 5) is 17.2. The molecule has 0 amide bonds. The molecule has 4 aromatic rings. The first-order valence-electron chi connectivity index (χ1n) is 11.9. The highest BCUT2D eigenvalue weighted by molar-refractivity contribution is 5.98. The normalized spacial score (nSPS) is 14.1. The van der Waals surface area contributed by atoms with Crippen LogP contribution in [0.3, 0.4) is 0 Å². The van der Waals surface area contributed by atoms with Gasteiger partial charge in [-0.3, -0.25) is 4.79 Å². The van der Waals surface area contributed by atoms with Crippen LogP contribution in [0.25, 0.3) is 16.9 Å². The zero-order valence-electron chi connectivity index (χ0n) is 19.8. The van der Waals surface area contributed by atoms with Gasteiger partial charge in [0.15, 0.2) is 11.4 Å². The van der Waals surface area contributed by atoms with Crippen LogP contribution in [-0.4, -0.2) is 49.8 Å². The summed E-state index contributed by atoms with van der Waals surface area (Å²) in [6.07, 6.45) is 3.54. The molecule has 9 heteroatoms. The van der Waals surface area contributed by atoms with Crippen molar-refractivity contribution < 1.29 is 24.1 Å². The number of ketones is 1. The fraction of sp³-hybridized carbons (Fsp3) is 0.296. The number of imidazole rings is 1. The van der Waals surface area contributed by atoms with Crippen molar-refractivity contribution in [3.63, 3.8) is 0 Å². The largest absolute Gasteiger partial charge is 0.437 e. The van der Waals surface area contributed by atoms with E-state index in [9.17, 15) is 19.4 Å². The predicted molar refractivity (Wildman–Crippen MR) is 133 cm³/mol. The number of nitrogens with one attached hydrogen (secondary N) is 1. The first-order valence-corrected chi connectivity index (χ1v) is 11.9. The van der Waals surface area contributed by atoms with Gasteiger partial charge in [-0.25, -0.2) is 13.9 Å². The first-order chi connectivity index (χ1) is 17.4. The Labute approximate surface area is 207 Å². The Hall–Kier alpha value is -3.82. The molecule has 1 saturated carbocycles. The highest BCUT2D eigenvalue weighted by Gasteiger charge is 2.25. The number of anilines is 1. The van der Waals surface area contributed by atoms with Crippen LogP contribution in [0.4, 0.5) is 10.1 Å². The van der Waals surface area contributed by atoms with Crippen LogP contribution >= 0.6 is 0 Å². The molecule has 0 radical (unpaired) electrons. The van der Waals surface area contributed by atoms with Crippen molar-refractivity contribution in [2.24, 2.45) is 5.92 Å². The second-order valence-corrected chi connectivity index (χ2v) is 9.15. The summed E-state index contributed by atoms with van der Waals surface area (Å²) in [5.41, 5.74) is 4.09. The van der Waals surface area contributed by atoms with Gasteiger partial charge in [-0.05, 0) is 49.4 Å². The molecule has 5 rings (SSSR count). The van der Waals surface area contributed by atoms with Crippen LogP contribution < -0.4 is 10.1 Å². The van der Waals surface area contributed by atoms with Crippen molar-refractivity contribution in [2.75, 3.05) is 18.5 Å². The molecule has 1 aliphatic carbocycles. The number of benzene rings is 2. The second kappa shape index (κ2) is 10.0. The number of carbonyl (C=O) groups is 1. The zero-order valence-corrected chi connectivity index (χ0v) is 19.8. The fourth-order valence-electron chi connectivity index (χ4n) is 4.10. The van der Waals surface area contributed by atoms with Gasteiger partial charge >= 0.3 is 0 Å². The third kappa shape index (κ3) is 5.22. The van der Waals surface area contributed by atoms with Gasteiger partial charge in [-0.1, -0.05) is 18.2 Å². The average Bonchev–Trinajstić information content (AvgIpc) is 3.57. The fourth-order valence-corrected chi connectivity index (χ4v) is 4.10. The van der Waals surface area contributed by atoms with Crippen LogP contribution in [0.5, 0.6) is 11.6 Å². The maximum atomic E-state index is 13.7. The summed E-state index contributed by atoms with van der Waals surface area (Å²) >= 11 is 0. The maximum absolute atomic E-state index is 13.7. The van der Waals surface area contributed by atoms with E-state index in [0.717, 1.165) is 29.5 Å². The molecule has 36 heavy (non-hydrogen) atoms. The lowest BCUT2D eigenvalue weighted by Gasteiger charge is -2.14. The molecule has 8 nitrogen and oxygen atoms in total. The van der Waals surface area contributed by atoms with Crippen molar-refractivity contribution >= 4 is 17.1 Å². The molecule has 1 fully saturated rings. The summed E-state index contributed by atoms with van der Waals surface area (Å²) in [6, 6.07) is 13.0. The molecule has 2 heterocycles. The van der Waals surface area contributed by atoms with E-state index in [0.29, 0.717) is 29.4 Å². The van der Waals surface area contributed by atoms with Crippen LogP contribution in [0, 0.1) is 18.7 Å². The molecule has 0 saturated heterocycles. The van der Waals surface area contributed by atoms with Crippen LogP contribution in [-0.2, 0) is 0 Å². The number of Topliss-reactive ketones (excluding diaryl/α,β-unsaturated/α-hetero) is 1. The molecule has 0 spiro atoms. The van der Waals surface area contributed by atoms with Gasteiger partial charge in [0, 0.05) is 36.2 Å². The molecular formula is C27H27FN4O4.